The molecule has 0 bridgehead atoms. The number of esters is 2. The molecular formula is C26H28ClNO5. The first-order valence-electron chi connectivity index (χ1n) is 10.9. The molecule has 0 aliphatic carbocycles. The summed E-state index contributed by atoms with van der Waals surface area (Å²) >= 11 is 6.10. The number of dihydropyridines is 1. The molecule has 1 N–H and O–H groups in total. The minimum Gasteiger partial charge on any atom is -0.489 e. The lowest BCUT2D eigenvalue weighted by Gasteiger charge is -2.31. The van der Waals surface area contributed by atoms with Crippen molar-refractivity contribution in [2.24, 2.45) is 0 Å². The summed E-state index contributed by atoms with van der Waals surface area (Å²) in [5.41, 5.74) is 3.51. The number of halogens is 1. The van der Waals surface area contributed by atoms with Gasteiger partial charge < -0.3 is 19.5 Å². The van der Waals surface area contributed by atoms with Crippen LogP contribution < -0.4 is 10.1 Å². The van der Waals surface area contributed by atoms with E-state index in [-0.39, 0.29) is 19.8 Å². The largest absolute Gasteiger partial charge is 0.489 e. The summed E-state index contributed by atoms with van der Waals surface area (Å²) in [6, 6.07) is 14.8. The maximum atomic E-state index is 13.0. The Morgan fingerprint density at radius 3 is 2.09 bits per heavy atom. The first kappa shape index (κ1) is 24.4. The Bertz CT molecular complexity index is 1070. The van der Waals surface area contributed by atoms with Gasteiger partial charge in [-0.05, 0) is 51.5 Å². The molecule has 6 nitrogen and oxygen atoms in total. The number of allylic oxidation sites excluding steroid dienone is 2. The van der Waals surface area contributed by atoms with Crippen LogP contribution >= 0.6 is 11.6 Å². The van der Waals surface area contributed by atoms with Crippen LogP contribution in [0.15, 0.2) is 71.1 Å². The van der Waals surface area contributed by atoms with E-state index in [2.05, 4.69) is 5.32 Å². The zero-order valence-electron chi connectivity index (χ0n) is 19.2. The first-order valence-corrected chi connectivity index (χ1v) is 11.2. The summed E-state index contributed by atoms with van der Waals surface area (Å²) in [5, 5.41) is 3.76. The van der Waals surface area contributed by atoms with E-state index in [1.54, 1.807) is 33.8 Å². The van der Waals surface area contributed by atoms with Crippen LogP contribution in [0.1, 0.15) is 44.7 Å². The smallest absolute Gasteiger partial charge is 0.336 e. The van der Waals surface area contributed by atoms with Crippen molar-refractivity contribution in [3.05, 3.63) is 87.2 Å². The third-order valence-corrected chi connectivity index (χ3v) is 5.50. The Hall–Kier alpha value is -3.25. The predicted molar refractivity (Wildman–Crippen MR) is 127 cm³/mol. The average Bonchev–Trinajstić information content (AvgIpc) is 2.77. The second kappa shape index (κ2) is 11.1. The lowest BCUT2D eigenvalue weighted by atomic mass is 9.80. The minimum absolute atomic E-state index is 0.215. The molecule has 174 valence electrons. The fraction of sp³-hybridized carbons (Fsp3) is 0.308. The average molecular weight is 470 g/mol. The summed E-state index contributed by atoms with van der Waals surface area (Å²) in [6.07, 6.45) is 0. The number of ether oxygens (including phenoxy) is 3. The summed E-state index contributed by atoms with van der Waals surface area (Å²) < 4.78 is 16.8. The zero-order chi connectivity index (χ0) is 24.0. The van der Waals surface area contributed by atoms with Crippen molar-refractivity contribution in [2.75, 3.05) is 13.2 Å². The maximum Gasteiger partial charge on any atom is 0.336 e. The number of hydrogen-bond donors (Lipinski definition) is 1. The molecule has 0 atom stereocenters. The third-order valence-electron chi connectivity index (χ3n) is 5.26. The maximum absolute atomic E-state index is 13.0. The molecule has 0 aromatic heterocycles. The van der Waals surface area contributed by atoms with E-state index >= 15 is 0 Å². The summed E-state index contributed by atoms with van der Waals surface area (Å²) in [6.45, 7) is 7.78. The SMILES string of the molecule is CCOC(=O)C1=C(C)NC(C)=C(C(=O)OCC)C1c1ccccc1OCc1cccc(Cl)c1. The number of nitrogens with one attached hydrogen (secondary N) is 1. The highest BCUT2D eigenvalue weighted by Gasteiger charge is 2.39. The number of carbonyl (C=O) groups excluding carboxylic acids is 2. The third kappa shape index (κ3) is 5.57. The molecule has 2 aromatic carbocycles. The molecule has 0 saturated carbocycles. The van der Waals surface area contributed by atoms with Crippen molar-refractivity contribution in [1.29, 1.82) is 0 Å². The van der Waals surface area contributed by atoms with Gasteiger partial charge in [-0.2, -0.15) is 0 Å². The predicted octanol–water partition coefficient (Wildman–Crippen LogP) is 5.28. The molecule has 0 amide bonds. The van der Waals surface area contributed by atoms with E-state index in [0.717, 1.165) is 5.56 Å². The molecular weight excluding hydrogens is 442 g/mol. The van der Waals surface area contributed by atoms with Crippen molar-refractivity contribution in [1.82, 2.24) is 5.32 Å². The van der Waals surface area contributed by atoms with Crippen LogP contribution in [0.25, 0.3) is 0 Å². The van der Waals surface area contributed by atoms with Crippen molar-refractivity contribution >= 4 is 23.5 Å². The molecule has 0 spiro atoms. The molecule has 2 aromatic rings. The fourth-order valence-corrected chi connectivity index (χ4v) is 4.12. The number of benzene rings is 2. The molecule has 33 heavy (non-hydrogen) atoms. The molecule has 0 fully saturated rings. The van der Waals surface area contributed by atoms with E-state index in [9.17, 15) is 9.59 Å². The Kier molecular flexibility index (Phi) is 8.17. The molecule has 0 radical (unpaired) electrons. The van der Waals surface area contributed by atoms with Crippen molar-refractivity contribution in [3.8, 4) is 5.75 Å². The van der Waals surface area contributed by atoms with Gasteiger partial charge in [-0.3, -0.25) is 0 Å². The quantitative estimate of drug-likeness (QED) is 0.530. The van der Waals surface area contributed by atoms with Crippen LogP contribution in [-0.2, 0) is 25.7 Å². The van der Waals surface area contributed by atoms with Gasteiger partial charge in [0.05, 0.1) is 30.3 Å². The number of carbonyl (C=O) groups is 2. The van der Waals surface area contributed by atoms with Crippen LogP contribution in [0.3, 0.4) is 0 Å². The normalized spacial score (nSPS) is 14.1. The van der Waals surface area contributed by atoms with E-state index in [1.165, 1.54) is 0 Å². The lowest BCUT2D eigenvalue weighted by molar-refractivity contribution is -0.139. The Labute approximate surface area is 199 Å². The van der Waals surface area contributed by atoms with E-state index in [4.69, 9.17) is 25.8 Å². The van der Waals surface area contributed by atoms with Gasteiger partial charge in [0.2, 0.25) is 0 Å². The number of rotatable bonds is 8. The molecule has 0 unspecified atom stereocenters. The number of para-hydroxylation sites is 1. The highest BCUT2D eigenvalue weighted by atomic mass is 35.5. The molecule has 7 heteroatoms. The number of hydrogen-bond acceptors (Lipinski definition) is 6. The second-order valence-corrected chi connectivity index (χ2v) is 7.97. The Morgan fingerprint density at radius 2 is 1.52 bits per heavy atom. The van der Waals surface area contributed by atoms with Gasteiger partial charge in [0.25, 0.3) is 0 Å². The zero-order valence-corrected chi connectivity index (χ0v) is 20.0. The summed E-state index contributed by atoms with van der Waals surface area (Å²) in [5.74, 6) is -1.15. The highest BCUT2D eigenvalue weighted by Crippen LogP contribution is 2.43. The van der Waals surface area contributed by atoms with Crippen molar-refractivity contribution in [3.63, 3.8) is 0 Å². The van der Waals surface area contributed by atoms with Gasteiger partial charge in [-0.1, -0.05) is 41.9 Å². The molecule has 1 heterocycles. The Balaban J connectivity index is 2.09. The van der Waals surface area contributed by atoms with Crippen LogP contribution in [0, 0.1) is 0 Å². The van der Waals surface area contributed by atoms with E-state index < -0.39 is 17.9 Å². The van der Waals surface area contributed by atoms with Gasteiger partial charge in [0.15, 0.2) is 0 Å². The van der Waals surface area contributed by atoms with Gasteiger partial charge in [-0.15, -0.1) is 0 Å². The van der Waals surface area contributed by atoms with Crippen molar-refractivity contribution < 1.29 is 23.8 Å². The molecule has 3 rings (SSSR count). The van der Waals surface area contributed by atoms with Crippen LogP contribution in [0.5, 0.6) is 5.75 Å². The van der Waals surface area contributed by atoms with Crippen LogP contribution in [0.4, 0.5) is 0 Å². The van der Waals surface area contributed by atoms with Crippen molar-refractivity contribution in [2.45, 2.75) is 40.2 Å². The summed E-state index contributed by atoms with van der Waals surface area (Å²) in [7, 11) is 0. The first-order chi connectivity index (χ1) is 15.9. The minimum atomic E-state index is -0.708. The summed E-state index contributed by atoms with van der Waals surface area (Å²) in [4.78, 5) is 26.0. The molecule has 1 aliphatic rings. The molecule has 1 aliphatic heterocycles. The van der Waals surface area contributed by atoms with E-state index in [0.29, 0.717) is 38.9 Å². The van der Waals surface area contributed by atoms with E-state index in [1.807, 2.05) is 42.5 Å². The molecule has 0 saturated heterocycles. The fourth-order valence-electron chi connectivity index (χ4n) is 3.90. The standard InChI is InChI=1S/C26H28ClNO5/c1-5-31-25(29)22-16(3)28-17(4)23(26(30)32-6-2)24(22)20-12-7-8-13-21(20)33-15-18-10-9-11-19(27)14-18/h7-14,24,28H,5-6,15H2,1-4H3. The van der Waals surface area contributed by atoms with Gasteiger partial charge in [-0.25, -0.2) is 9.59 Å². The Morgan fingerprint density at radius 1 is 0.909 bits per heavy atom. The van der Waals surface area contributed by atoms with Crippen LogP contribution in [0.2, 0.25) is 5.02 Å². The van der Waals surface area contributed by atoms with Gasteiger partial charge in [0.1, 0.15) is 12.4 Å². The second-order valence-electron chi connectivity index (χ2n) is 7.53. The van der Waals surface area contributed by atoms with Gasteiger partial charge >= 0.3 is 11.9 Å². The highest BCUT2D eigenvalue weighted by molar-refractivity contribution is 6.30. The van der Waals surface area contributed by atoms with Crippen LogP contribution in [-0.4, -0.2) is 25.2 Å². The monoisotopic (exact) mass is 469 g/mol. The topological polar surface area (TPSA) is 73.9 Å². The lowest BCUT2D eigenvalue weighted by Crippen LogP contribution is -2.32. The van der Waals surface area contributed by atoms with Gasteiger partial charge in [0, 0.05) is 22.0 Å².